The summed E-state index contributed by atoms with van der Waals surface area (Å²) in [6.07, 6.45) is 0.775. The number of carboxylic acids is 1. The number of carbonyl (C=O) groups is 2. The molecular weight excluding hydrogens is 368 g/mol. The number of nitrogens with zero attached hydrogens (tertiary/aromatic N) is 2. The zero-order chi connectivity index (χ0) is 20.4. The Hall–Kier alpha value is -1.93. The molecule has 1 unspecified atom stereocenters. The van der Waals surface area contributed by atoms with Crippen molar-refractivity contribution in [2.45, 2.75) is 50.5 Å². The standard InChI is InChI=1S/C19H28N2O5S/c1-13(2)15-5-7-17(8-6-15)27(25,26)21-11-9-16(10-12-21)18(22)20(4)14(3)19(23)24/h5-8,13-14,16H,9-12H2,1-4H3,(H,23,24). The van der Waals surface area contributed by atoms with Crippen LogP contribution in [-0.2, 0) is 19.6 Å². The average molecular weight is 397 g/mol. The molecule has 27 heavy (non-hydrogen) atoms. The van der Waals surface area contributed by atoms with Gasteiger partial charge < -0.3 is 10.0 Å². The highest BCUT2D eigenvalue weighted by atomic mass is 32.2. The number of hydrogen-bond acceptors (Lipinski definition) is 4. The fourth-order valence-corrected chi connectivity index (χ4v) is 4.63. The fraction of sp³-hybridized carbons (Fsp3) is 0.579. The molecule has 1 aromatic carbocycles. The van der Waals surface area contributed by atoms with Gasteiger partial charge in [-0.2, -0.15) is 4.31 Å². The molecule has 0 radical (unpaired) electrons. The number of aliphatic carboxylic acids is 1. The van der Waals surface area contributed by atoms with Gasteiger partial charge in [-0.05, 0) is 43.4 Å². The minimum Gasteiger partial charge on any atom is -0.480 e. The van der Waals surface area contributed by atoms with Gasteiger partial charge in [0.25, 0.3) is 0 Å². The molecule has 8 heteroatoms. The number of carboxylic acid groups (broad SMARTS) is 1. The maximum Gasteiger partial charge on any atom is 0.326 e. The molecular formula is C19H28N2O5S. The minimum absolute atomic E-state index is 0.247. The summed E-state index contributed by atoms with van der Waals surface area (Å²) >= 11 is 0. The van der Waals surface area contributed by atoms with Crippen LogP contribution in [0, 0.1) is 5.92 Å². The van der Waals surface area contributed by atoms with E-state index in [0.717, 1.165) is 5.56 Å². The molecule has 1 fully saturated rings. The monoisotopic (exact) mass is 396 g/mol. The van der Waals surface area contributed by atoms with Gasteiger partial charge in [-0.25, -0.2) is 13.2 Å². The number of hydrogen-bond donors (Lipinski definition) is 1. The molecule has 0 saturated carbocycles. The third-order valence-electron chi connectivity index (χ3n) is 5.27. The maximum absolute atomic E-state index is 12.8. The van der Waals surface area contributed by atoms with Gasteiger partial charge in [0.2, 0.25) is 15.9 Å². The van der Waals surface area contributed by atoms with E-state index in [9.17, 15) is 18.0 Å². The molecule has 0 spiro atoms. The fourth-order valence-electron chi connectivity index (χ4n) is 3.16. The Morgan fingerprint density at radius 2 is 1.63 bits per heavy atom. The van der Waals surface area contributed by atoms with E-state index in [4.69, 9.17) is 5.11 Å². The van der Waals surface area contributed by atoms with E-state index >= 15 is 0 Å². The van der Waals surface area contributed by atoms with Crippen LogP contribution in [0.5, 0.6) is 0 Å². The van der Waals surface area contributed by atoms with E-state index in [1.807, 2.05) is 26.0 Å². The van der Waals surface area contributed by atoms with Crippen molar-refractivity contribution in [2.75, 3.05) is 20.1 Å². The number of piperidine rings is 1. The largest absolute Gasteiger partial charge is 0.480 e. The summed E-state index contributed by atoms with van der Waals surface area (Å²) in [5, 5.41) is 9.05. The van der Waals surface area contributed by atoms with Crippen LogP contribution in [-0.4, -0.2) is 60.8 Å². The van der Waals surface area contributed by atoms with Gasteiger partial charge in [0.15, 0.2) is 0 Å². The smallest absolute Gasteiger partial charge is 0.326 e. The van der Waals surface area contributed by atoms with Crippen molar-refractivity contribution in [3.8, 4) is 0 Å². The van der Waals surface area contributed by atoms with E-state index < -0.39 is 22.0 Å². The topological polar surface area (TPSA) is 95.0 Å². The zero-order valence-electron chi connectivity index (χ0n) is 16.3. The molecule has 1 N–H and O–H groups in total. The lowest BCUT2D eigenvalue weighted by atomic mass is 9.96. The summed E-state index contributed by atoms with van der Waals surface area (Å²) in [7, 11) is -2.12. The second-order valence-corrected chi connectivity index (χ2v) is 9.30. The van der Waals surface area contributed by atoms with Crippen LogP contribution in [0.1, 0.15) is 45.1 Å². The van der Waals surface area contributed by atoms with E-state index in [2.05, 4.69) is 0 Å². The highest BCUT2D eigenvalue weighted by Crippen LogP contribution is 2.26. The second kappa shape index (κ2) is 8.39. The van der Waals surface area contributed by atoms with Gasteiger partial charge >= 0.3 is 5.97 Å². The van der Waals surface area contributed by atoms with Crippen LogP contribution >= 0.6 is 0 Å². The molecule has 150 valence electrons. The highest BCUT2D eigenvalue weighted by molar-refractivity contribution is 7.89. The van der Waals surface area contributed by atoms with Gasteiger partial charge in [-0.15, -0.1) is 0 Å². The van der Waals surface area contributed by atoms with Gasteiger partial charge in [-0.1, -0.05) is 26.0 Å². The first-order valence-electron chi connectivity index (χ1n) is 9.15. The quantitative estimate of drug-likeness (QED) is 0.795. The summed E-state index contributed by atoms with van der Waals surface area (Å²) in [4.78, 5) is 25.0. The SMILES string of the molecule is CC(C)c1ccc(S(=O)(=O)N2CCC(C(=O)N(C)C(C)C(=O)O)CC2)cc1. The van der Waals surface area contributed by atoms with Crippen molar-refractivity contribution in [1.29, 1.82) is 0 Å². The summed E-state index contributed by atoms with van der Waals surface area (Å²) in [5.74, 6) is -1.33. The number of likely N-dealkylation sites (N-methyl/N-ethyl adjacent to an activating group) is 1. The van der Waals surface area contributed by atoms with E-state index in [-0.39, 0.29) is 29.8 Å². The lowest BCUT2D eigenvalue weighted by Gasteiger charge is -2.33. The molecule has 1 aliphatic heterocycles. The van der Waals surface area contributed by atoms with Crippen molar-refractivity contribution in [2.24, 2.45) is 5.92 Å². The molecule has 1 aromatic rings. The van der Waals surface area contributed by atoms with E-state index in [0.29, 0.717) is 18.8 Å². The van der Waals surface area contributed by atoms with Crippen molar-refractivity contribution < 1.29 is 23.1 Å². The van der Waals surface area contributed by atoms with Gasteiger partial charge in [0, 0.05) is 26.1 Å². The number of carbonyl (C=O) groups excluding carboxylic acids is 1. The van der Waals surface area contributed by atoms with Crippen LogP contribution < -0.4 is 0 Å². The molecule has 1 saturated heterocycles. The summed E-state index contributed by atoms with van der Waals surface area (Å²) in [6.45, 7) is 6.06. The number of rotatable bonds is 6. The van der Waals surface area contributed by atoms with Crippen molar-refractivity contribution >= 4 is 21.9 Å². The first-order valence-corrected chi connectivity index (χ1v) is 10.6. The predicted octanol–water partition coefficient (Wildman–Crippen LogP) is 2.14. The zero-order valence-corrected chi connectivity index (χ0v) is 17.1. The van der Waals surface area contributed by atoms with E-state index in [1.165, 1.54) is 23.2 Å². The molecule has 2 rings (SSSR count). The molecule has 1 heterocycles. The first kappa shape index (κ1) is 21.4. The third-order valence-corrected chi connectivity index (χ3v) is 7.19. The Morgan fingerprint density at radius 3 is 2.07 bits per heavy atom. The Labute approximate surface area is 161 Å². The first-order chi connectivity index (χ1) is 12.6. The second-order valence-electron chi connectivity index (χ2n) is 7.37. The Morgan fingerprint density at radius 1 is 1.11 bits per heavy atom. The molecule has 0 aromatic heterocycles. The van der Waals surface area contributed by atoms with Crippen LogP contribution in [0.4, 0.5) is 0 Å². The number of sulfonamides is 1. The Bertz CT molecular complexity index is 781. The number of amides is 1. The van der Waals surface area contributed by atoms with Crippen molar-refractivity contribution in [3.05, 3.63) is 29.8 Å². The van der Waals surface area contributed by atoms with Crippen molar-refractivity contribution in [3.63, 3.8) is 0 Å². The lowest BCUT2D eigenvalue weighted by molar-refractivity contribution is -0.150. The molecule has 7 nitrogen and oxygen atoms in total. The molecule has 1 atom stereocenters. The third kappa shape index (κ3) is 4.68. The molecule has 0 aliphatic carbocycles. The Balaban J connectivity index is 2.03. The number of benzene rings is 1. The average Bonchev–Trinajstić information content (AvgIpc) is 2.66. The van der Waals surface area contributed by atoms with Gasteiger partial charge in [0.1, 0.15) is 6.04 Å². The highest BCUT2D eigenvalue weighted by Gasteiger charge is 2.34. The van der Waals surface area contributed by atoms with Gasteiger partial charge in [0.05, 0.1) is 4.90 Å². The minimum atomic E-state index is -3.59. The van der Waals surface area contributed by atoms with Crippen LogP contribution in [0.15, 0.2) is 29.2 Å². The van der Waals surface area contributed by atoms with Crippen molar-refractivity contribution in [1.82, 2.24) is 9.21 Å². The van der Waals surface area contributed by atoms with Gasteiger partial charge in [-0.3, -0.25) is 4.79 Å². The summed E-state index contributed by atoms with van der Waals surface area (Å²) in [5.41, 5.74) is 1.08. The van der Waals surface area contributed by atoms with Crippen LogP contribution in [0.25, 0.3) is 0 Å². The predicted molar refractivity (Wildman–Crippen MR) is 102 cm³/mol. The van der Waals surface area contributed by atoms with Crippen LogP contribution in [0.2, 0.25) is 0 Å². The normalized spacial score (nSPS) is 17.7. The summed E-state index contributed by atoms with van der Waals surface area (Å²) in [6, 6.07) is 6.01. The summed E-state index contributed by atoms with van der Waals surface area (Å²) < 4.78 is 27.1. The maximum atomic E-state index is 12.8. The molecule has 1 amide bonds. The van der Waals surface area contributed by atoms with Crippen LogP contribution in [0.3, 0.4) is 0 Å². The Kier molecular flexibility index (Phi) is 6.64. The molecule has 1 aliphatic rings. The van der Waals surface area contributed by atoms with E-state index in [1.54, 1.807) is 12.1 Å². The molecule has 0 bridgehead atoms. The lowest BCUT2D eigenvalue weighted by Crippen LogP contribution is -2.47.